The summed E-state index contributed by atoms with van der Waals surface area (Å²) in [7, 11) is 0. The van der Waals surface area contributed by atoms with E-state index in [1.165, 1.54) is 5.57 Å². The molecule has 43 heavy (non-hydrogen) atoms. The maximum Gasteiger partial charge on any atom is 0.326 e. The number of aliphatic carboxylic acids is 1. The van der Waals surface area contributed by atoms with Crippen LogP contribution in [-0.4, -0.2) is 58.0 Å². The van der Waals surface area contributed by atoms with E-state index in [0.717, 1.165) is 50.7 Å². The summed E-state index contributed by atoms with van der Waals surface area (Å²) in [5, 5.41) is 30.2. The second-order valence-corrected chi connectivity index (χ2v) is 14.7. The summed E-state index contributed by atoms with van der Waals surface area (Å²) in [6.45, 7) is 11.6. The lowest BCUT2D eigenvalue weighted by molar-refractivity contribution is -0.143. The highest BCUT2D eigenvalue weighted by atomic mass is 16.6. The Hall–Kier alpha value is -2.86. The summed E-state index contributed by atoms with van der Waals surface area (Å²) in [4.78, 5) is 42.6. The lowest BCUT2D eigenvalue weighted by atomic mass is 9.46. The fraction of sp³-hybridized carbons (Fsp3) is 0.765. The van der Waals surface area contributed by atoms with Gasteiger partial charge in [-0.2, -0.15) is 0 Å². The summed E-state index contributed by atoms with van der Waals surface area (Å²) in [5.74, 6) is 2.04. The molecule has 4 aliphatic carbocycles. The van der Waals surface area contributed by atoms with Gasteiger partial charge in [-0.25, -0.2) is 4.79 Å². The molecule has 0 aromatic carbocycles. The van der Waals surface area contributed by atoms with Crippen molar-refractivity contribution in [2.45, 2.75) is 117 Å². The van der Waals surface area contributed by atoms with Crippen LogP contribution in [0.15, 0.2) is 16.8 Å². The summed E-state index contributed by atoms with van der Waals surface area (Å²) in [5.41, 5.74) is 1.09. The maximum absolute atomic E-state index is 12.8. The number of carboxylic acids is 1. The number of amides is 2. The number of carbonyl (C=O) groups excluding carboxylic acids is 2. The molecule has 2 amide bonds. The van der Waals surface area contributed by atoms with E-state index in [4.69, 9.17) is 11.3 Å². The Labute approximate surface area is 256 Å². The summed E-state index contributed by atoms with van der Waals surface area (Å²) >= 11 is 0. The Bertz CT molecular complexity index is 1200. The number of fused-ring (bicyclic) bond motifs is 5. The van der Waals surface area contributed by atoms with Crippen molar-refractivity contribution in [3.05, 3.63) is 11.6 Å². The number of nitrogens with one attached hydrogen (secondary N) is 2. The average Bonchev–Trinajstić information content (AvgIpc) is 3.21. The third kappa shape index (κ3) is 6.36. The molecule has 0 bridgehead atoms. The van der Waals surface area contributed by atoms with Gasteiger partial charge in [-0.3, -0.25) is 9.59 Å². The Balaban J connectivity index is 1.35. The molecular weight excluding hydrogens is 546 g/mol. The number of terminal acetylenes is 1. The van der Waals surface area contributed by atoms with E-state index < -0.39 is 35.5 Å². The molecule has 8 atom stereocenters. The van der Waals surface area contributed by atoms with Crippen molar-refractivity contribution < 1.29 is 29.4 Å². The first kappa shape index (κ1) is 33.0. The van der Waals surface area contributed by atoms with Gasteiger partial charge in [-0.15, -0.1) is 6.42 Å². The van der Waals surface area contributed by atoms with Gasteiger partial charge in [0.05, 0.1) is 5.71 Å². The first-order chi connectivity index (χ1) is 20.1. The van der Waals surface area contributed by atoms with Crippen molar-refractivity contribution in [3.63, 3.8) is 0 Å². The van der Waals surface area contributed by atoms with Gasteiger partial charge < -0.3 is 25.7 Å². The third-order valence-electron chi connectivity index (χ3n) is 11.3. The Morgan fingerprint density at radius 1 is 1.07 bits per heavy atom. The van der Waals surface area contributed by atoms with Crippen LogP contribution in [0.5, 0.6) is 0 Å². The van der Waals surface area contributed by atoms with Crippen molar-refractivity contribution in [1.29, 1.82) is 0 Å². The number of nitrogens with zero attached hydrogens (tertiary/aromatic N) is 1. The predicted molar refractivity (Wildman–Crippen MR) is 165 cm³/mol. The average molecular weight is 598 g/mol. The third-order valence-corrected chi connectivity index (χ3v) is 11.3. The minimum Gasteiger partial charge on any atom is -0.480 e. The molecule has 0 spiro atoms. The lowest BCUT2D eigenvalue weighted by Gasteiger charge is -2.58. The molecule has 0 aromatic rings. The molecule has 238 valence electrons. The molecule has 4 rings (SSSR count). The molecule has 0 aliphatic heterocycles. The molecule has 4 N–H and O–H groups in total. The zero-order valence-electron chi connectivity index (χ0n) is 26.7. The topological polar surface area (TPSA) is 137 Å². The van der Waals surface area contributed by atoms with Gasteiger partial charge in [0.15, 0.2) is 6.61 Å². The van der Waals surface area contributed by atoms with Crippen LogP contribution in [0, 0.1) is 52.8 Å². The van der Waals surface area contributed by atoms with E-state index in [0.29, 0.717) is 30.6 Å². The highest BCUT2D eigenvalue weighted by molar-refractivity contribution is 5.96. The van der Waals surface area contributed by atoms with Crippen molar-refractivity contribution in [2.24, 2.45) is 45.6 Å². The smallest absolute Gasteiger partial charge is 0.326 e. The molecule has 0 unspecified atom stereocenters. The molecular formula is C34H51N3O6. The number of aliphatic hydroxyl groups is 1. The van der Waals surface area contributed by atoms with Gasteiger partial charge in [0.25, 0.3) is 5.91 Å². The number of allylic oxidation sites excluding steroid dienone is 2. The van der Waals surface area contributed by atoms with Crippen molar-refractivity contribution in [2.75, 3.05) is 6.61 Å². The fourth-order valence-electron chi connectivity index (χ4n) is 8.77. The van der Waals surface area contributed by atoms with Crippen LogP contribution in [0.4, 0.5) is 0 Å². The van der Waals surface area contributed by atoms with Crippen LogP contribution in [0.25, 0.3) is 0 Å². The molecule has 0 heterocycles. The number of carboxylic acid groups (broad SMARTS) is 1. The Morgan fingerprint density at radius 2 is 1.77 bits per heavy atom. The fourth-order valence-corrected chi connectivity index (χ4v) is 8.77. The van der Waals surface area contributed by atoms with Crippen LogP contribution < -0.4 is 10.6 Å². The molecule has 4 aliphatic rings. The van der Waals surface area contributed by atoms with Crippen LogP contribution in [0.3, 0.4) is 0 Å². The lowest BCUT2D eigenvalue weighted by Crippen LogP contribution is -2.54. The number of rotatable bonds is 10. The van der Waals surface area contributed by atoms with E-state index in [2.05, 4.69) is 41.6 Å². The monoisotopic (exact) mass is 597 g/mol. The predicted octanol–water partition coefficient (Wildman–Crippen LogP) is 4.44. The molecule has 0 aromatic heterocycles. The molecule has 9 heteroatoms. The van der Waals surface area contributed by atoms with Crippen LogP contribution in [0.2, 0.25) is 0 Å². The van der Waals surface area contributed by atoms with Gasteiger partial charge in [0.1, 0.15) is 17.7 Å². The number of hydrogen-bond acceptors (Lipinski definition) is 6. The summed E-state index contributed by atoms with van der Waals surface area (Å²) < 4.78 is 0. The van der Waals surface area contributed by atoms with E-state index in [1.54, 1.807) is 13.8 Å². The van der Waals surface area contributed by atoms with Crippen LogP contribution in [-0.2, 0) is 19.2 Å². The highest BCUT2D eigenvalue weighted by Crippen LogP contribution is 2.67. The minimum atomic E-state index is -1.10. The van der Waals surface area contributed by atoms with Gasteiger partial charge >= 0.3 is 5.97 Å². The second-order valence-electron chi connectivity index (χ2n) is 14.7. The number of hydrogen-bond donors (Lipinski definition) is 4. The summed E-state index contributed by atoms with van der Waals surface area (Å²) in [6.07, 6.45) is 15.8. The molecule has 0 saturated heterocycles. The van der Waals surface area contributed by atoms with Crippen molar-refractivity contribution in [1.82, 2.24) is 10.6 Å². The largest absolute Gasteiger partial charge is 0.480 e. The van der Waals surface area contributed by atoms with Crippen molar-refractivity contribution in [3.8, 4) is 12.3 Å². The molecule has 3 saturated carbocycles. The normalized spacial score (nSPS) is 35.6. The van der Waals surface area contributed by atoms with E-state index >= 15 is 0 Å². The highest BCUT2D eigenvalue weighted by Gasteiger charge is 2.63. The minimum absolute atomic E-state index is 0.0821. The van der Waals surface area contributed by atoms with E-state index in [-0.39, 0.29) is 29.3 Å². The van der Waals surface area contributed by atoms with Gasteiger partial charge in [0, 0.05) is 5.41 Å². The standard InChI is InChI=1S/C34H51N3O6/c1-8-34(42)16-13-26-24-10-9-22-18-23(11-14-32(22,6)25(24)12-15-33(26,34)7)37-43-19-28(38)36-29(21(4)5)30(39)35-27(31(40)41)17-20(2)3/h1,18,20-21,24-27,29,42H,9-17,19H2,2-7H3,(H,35,39)(H,36,38)(H,40,41)/b37-23-/t24-,25+,26-,27+,29+,32+,33+,34-/m1/s1. The molecule has 0 radical (unpaired) electrons. The Kier molecular flexibility index (Phi) is 9.71. The zero-order chi connectivity index (χ0) is 31.7. The zero-order valence-corrected chi connectivity index (χ0v) is 26.7. The maximum atomic E-state index is 12.8. The van der Waals surface area contributed by atoms with E-state index in [9.17, 15) is 24.6 Å². The first-order valence-electron chi connectivity index (χ1n) is 16.1. The van der Waals surface area contributed by atoms with Crippen molar-refractivity contribution >= 4 is 23.5 Å². The van der Waals surface area contributed by atoms with Gasteiger partial charge in [-0.1, -0.05) is 58.2 Å². The Morgan fingerprint density at radius 3 is 2.40 bits per heavy atom. The first-order valence-corrected chi connectivity index (χ1v) is 16.1. The molecule has 9 nitrogen and oxygen atoms in total. The van der Waals surface area contributed by atoms with E-state index in [1.807, 2.05) is 13.8 Å². The SMILES string of the molecule is C#C[C@@]1(O)CC[C@@H]2[C@@H]3CCC4=C/C(=N\OCC(=O)N[C@H](C(=O)N[C@@H](CC(C)C)C(=O)O)C(C)C)CC[C@]4(C)[C@H]3CC[C@@]21C. The van der Waals surface area contributed by atoms with Crippen LogP contribution in [0.1, 0.15) is 99.3 Å². The van der Waals surface area contributed by atoms with Crippen LogP contribution >= 0.6 is 0 Å². The number of oxime groups is 1. The quantitative estimate of drug-likeness (QED) is 0.217. The number of carbonyl (C=O) groups is 3. The van der Waals surface area contributed by atoms with Gasteiger partial charge in [-0.05, 0) is 98.9 Å². The summed E-state index contributed by atoms with van der Waals surface area (Å²) in [6, 6.07) is -1.91. The molecule has 3 fully saturated rings. The van der Waals surface area contributed by atoms with Gasteiger partial charge in [0.2, 0.25) is 5.91 Å². The second kappa shape index (κ2) is 12.6.